The molecule has 3 aromatic rings. The molecule has 3 unspecified atom stereocenters. The van der Waals surface area contributed by atoms with Crippen molar-refractivity contribution in [2.75, 3.05) is 38.6 Å². The fourth-order valence-corrected chi connectivity index (χ4v) is 5.54. The van der Waals surface area contributed by atoms with E-state index in [4.69, 9.17) is 20.2 Å². The molecular formula is C27H32N4O3. The molecule has 1 saturated carbocycles. The lowest BCUT2D eigenvalue weighted by Crippen LogP contribution is -2.30. The van der Waals surface area contributed by atoms with Gasteiger partial charge >= 0.3 is 6.09 Å². The molecular weight excluding hydrogens is 428 g/mol. The van der Waals surface area contributed by atoms with Gasteiger partial charge in [-0.3, -0.25) is 0 Å². The minimum Gasteiger partial charge on any atom is -0.497 e. The second kappa shape index (κ2) is 9.89. The third-order valence-corrected chi connectivity index (χ3v) is 7.20. The maximum Gasteiger partial charge on any atom is 0.404 e. The van der Waals surface area contributed by atoms with Crippen LogP contribution in [0.2, 0.25) is 0 Å². The van der Waals surface area contributed by atoms with Gasteiger partial charge in [0.25, 0.3) is 0 Å². The summed E-state index contributed by atoms with van der Waals surface area (Å²) in [4.78, 5) is 18.6. The van der Waals surface area contributed by atoms with E-state index in [1.54, 1.807) is 7.11 Å². The van der Waals surface area contributed by atoms with Gasteiger partial charge < -0.3 is 25.4 Å². The number of anilines is 1. The lowest BCUT2D eigenvalue weighted by molar-refractivity contribution is 0.0793. The van der Waals surface area contributed by atoms with E-state index in [9.17, 15) is 4.79 Å². The molecule has 7 heteroatoms. The van der Waals surface area contributed by atoms with Gasteiger partial charge in [-0.1, -0.05) is 18.2 Å². The van der Waals surface area contributed by atoms with Crippen LogP contribution in [0.25, 0.3) is 22.2 Å². The van der Waals surface area contributed by atoms with Gasteiger partial charge in [0.2, 0.25) is 0 Å². The molecule has 1 amide bonds. The zero-order valence-corrected chi connectivity index (χ0v) is 19.6. The topological polar surface area (TPSA) is 89.7 Å². The number of hydrogen-bond donors (Lipinski definition) is 2. The quantitative estimate of drug-likeness (QED) is 0.481. The predicted octanol–water partition coefficient (Wildman–Crippen LogP) is 4.52. The molecule has 1 aliphatic carbocycles. The number of fused-ring (bicyclic) bond motifs is 2. The highest BCUT2D eigenvalue weighted by Crippen LogP contribution is 2.39. The number of pyridine rings is 1. The molecule has 2 fully saturated rings. The number of likely N-dealkylation sites (tertiary alicyclic amines) is 1. The zero-order chi connectivity index (χ0) is 23.5. The van der Waals surface area contributed by atoms with E-state index in [1.807, 2.05) is 30.3 Å². The highest BCUT2D eigenvalue weighted by molar-refractivity contribution is 5.93. The van der Waals surface area contributed by atoms with Gasteiger partial charge in [-0.15, -0.1) is 0 Å². The molecule has 0 radical (unpaired) electrons. The van der Waals surface area contributed by atoms with Crippen LogP contribution in [0.1, 0.15) is 19.3 Å². The number of para-hydroxylation sites is 1. The largest absolute Gasteiger partial charge is 0.497 e. The van der Waals surface area contributed by atoms with E-state index < -0.39 is 6.09 Å². The maximum atomic E-state index is 11.2. The van der Waals surface area contributed by atoms with Crippen LogP contribution in [-0.4, -0.2) is 55.4 Å². The van der Waals surface area contributed by atoms with Crippen molar-refractivity contribution in [1.29, 1.82) is 0 Å². The van der Waals surface area contributed by atoms with Gasteiger partial charge in [0.05, 0.1) is 18.3 Å². The zero-order valence-electron chi connectivity index (χ0n) is 19.6. The van der Waals surface area contributed by atoms with E-state index in [-0.39, 0.29) is 6.10 Å². The summed E-state index contributed by atoms with van der Waals surface area (Å²) < 4.78 is 10.6. The molecule has 2 aromatic carbocycles. The minimum atomic E-state index is -0.646. The summed E-state index contributed by atoms with van der Waals surface area (Å²) in [6.45, 7) is 3.98. The number of hydrogen-bond acceptors (Lipinski definition) is 6. The maximum absolute atomic E-state index is 11.2. The Morgan fingerprint density at radius 3 is 2.76 bits per heavy atom. The van der Waals surface area contributed by atoms with Gasteiger partial charge in [-0.25, -0.2) is 9.78 Å². The summed E-state index contributed by atoms with van der Waals surface area (Å²) in [5, 5.41) is 4.78. The number of benzene rings is 2. The SMILES string of the molecule is COc1ccc(-c2cc(NCCCN3CC4CCC(OC(N)=O)C4C3)c3ccccc3n2)cc1. The van der Waals surface area contributed by atoms with Crippen molar-refractivity contribution in [2.45, 2.75) is 25.4 Å². The number of nitrogens with one attached hydrogen (secondary N) is 1. The molecule has 2 aliphatic rings. The molecule has 1 saturated heterocycles. The molecule has 0 spiro atoms. The second-order valence-corrected chi connectivity index (χ2v) is 9.32. The monoisotopic (exact) mass is 460 g/mol. The molecule has 0 bridgehead atoms. The number of ether oxygens (including phenoxy) is 2. The molecule has 3 atom stereocenters. The lowest BCUT2D eigenvalue weighted by atomic mass is 9.99. The van der Waals surface area contributed by atoms with E-state index in [0.29, 0.717) is 11.8 Å². The fourth-order valence-electron chi connectivity index (χ4n) is 5.54. The van der Waals surface area contributed by atoms with Gasteiger partial charge in [-0.2, -0.15) is 0 Å². The van der Waals surface area contributed by atoms with Crippen LogP contribution in [-0.2, 0) is 4.74 Å². The molecule has 7 nitrogen and oxygen atoms in total. The van der Waals surface area contributed by atoms with Crippen LogP contribution in [0.3, 0.4) is 0 Å². The number of methoxy groups -OCH3 is 1. The number of nitrogens with two attached hydrogens (primary N) is 1. The van der Waals surface area contributed by atoms with E-state index in [1.165, 1.54) is 0 Å². The van der Waals surface area contributed by atoms with Crippen LogP contribution in [0.4, 0.5) is 10.5 Å². The first-order valence-corrected chi connectivity index (χ1v) is 12.1. The highest BCUT2D eigenvalue weighted by atomic mass is 16.6. The number of carbonyl (C=O) groups excluding carboxylic acids is 1. The van der Waals surface area contributed by atoms with Crippen molar-refractivity contribution in [1.82, 2.24) is 9.88 Å². The molecule has 178 valence electrons. The lowest BCUT2D eigenvalue weighted by Gasteiger charge is -2.20. The van der Waals surface area contributed by atoms with Crippen LogP contribution in [0.5, 0.6) is 5.75 Å². The van der Waals surface area contributed by atoms with Crippen LogP contribution < -0.4 is 15.8 Å². The molecule has 5 rings (SSSR count). The third-order valence-electron chi connectivity index (χ3n) is 7.20. The number of nitrogens with zero attached hydrogens (tertiary/aromatic N) is 2. The number of primary amides is 1. The van der Waals surface area contributed by atoms with Gasteiger partial charge in [0, 0.05) is 42.2 Å². The van der Waals surface area contributed by atoms with Gasteiger partial charge in [0.1, 0.15) is 11.9 Å². The van der Waals surface area contributed by atoms with Gasteiger partial charge in [-0.05, 0) is 68.1 Å². The Morgan fingerprint density at radius 2 is 1.97 bits per heavy atom. The van der Waals surface area contributed by atoms with Gasteiger partial charge in [0.15, 0.2) is 0 Å². The van der Waals surface area contributed by atoms with Crippen molar-refractivity contribution in [3.63, 3.8) is 0 Å². The van der Waals surface area contributed by atoms with Crippen molar-refractivity contribution in [3.05, 3.63) is 54.6 Å². The number of amides is 1. The average Bonchev–Trinajstić information content (AvgIpc) is 3.42. The van der Waals surface area contributed by atoms with Crippen molar-refractivity contribution >= 4 is 22.7 Å². The van der Waals surface area contributed by atoms with Crippen molar-refractivity contribution in [2.24, 2.45) is 17.6 Å². The van der Waals surface area contributed by atoms with Crippen LogP contribution in [0.15, 0.2) is 54.6 Å². The summed E-state index contributed by atoms with van der Waals surface area (Å²) >= 11 is 0. The van der Waals surface area contributed by atoms with E-state index in [0.717, 1.165) is 79.0 Å². The number of rotatable bonds is 8. The van der Waals surface area contributed by atoms with Crippen LogP contribution in [0, 0.1) is 11.8 Å². The summed E-state index contributed by atoms with van der Waals surface area (Å²) in [6.07, 6.45) is 2.44. The summed E-state index contributed by atoms with van der Waals surface area (Å²) in [5.41, 5.74) is 9.33. The molecule has 3 N–H and O–H groups in total. The Balaban J connectivity index is 1.22. The Bertz CT molecular complexity index is 1150. The normalized spacial score (nSPS) is 22.0. The standard InChI is InChI=1S/C27H32N4O3/c1-33-20-10-7-18(8-11-20)24-15-25(21-5-2-3-6-23(21)30-24)29-13-4-14-31-16-19-9-12-26(22(19)17-31)34-27(28)32/h2-3,5-8,10-11,15,19,22,26H,4,9,12-14,16-17H2,1H3,(H2,28,32)(H,29,30). The molecule has 1 aromatic heterocycles. The van der Waals surface area contributed by atoms with Crippen molar-refractivity contribution in [3.8, 4) is 17.0 Å². The third kappa shape index (κ3) is 4.80. The Hall–Kier alpha value is -3.32. The smallest absolute Gasteiger partial charge is 0.404 e. The van der Waals surface area contributed by atoms with Crippen molar-refractivity contribution < 1.29 is 14.3 Å². The summed E-state index contributed by atoms with van der Waals surface area (Å²) in [5.74, 6) is 1.88. The summed E-state index contributed by atoms with van der Waals surface area (Å²) in [7, 11) is 1.67. The first-order valence-electron chi connectivity index (χ1n) is 12.1. The Morgan fingerprint density at radius 1 is 1.15 bits per heavy atom. The molecule has 34 heavy (non-hydrogen) atoms. The Kier molecular flexibility index (Phi) is 6.54. The molecule has 2 heterocycles. The predicted molar refractivity (Wildman–Crippen MR) is 134 cm³/mol. The van der Waals surface area contributed by atoms with Crippen LogP contribution >= 0.6 is 0 Å². The summed E-state index contributed by atoms with van der Waals surface area (Å²) in [6, 6.07) is 18.4. The number of aromatic nitrogens is 1. The Labute approximate surface area is 200 Å². The molecule has 1 aliphatic heterocycles. The average molecular weight is 461 g/mol. The first kappa shape index (κ1) is 22.5. The minimum absolute atomic E-state index is 0.00909. The number of carbonyl (C=O) groups is 1. The fraction of sp³-hybridized carbons (Fsp3) is 0.407. The highest BCUT2D eigenvalue weighted by Gasteiger charge is 2.44. The second-order valence-electron chi connectivity index (χ2n) is 9.32. The van der Waals surface area contributed by atoms with E-state index >= 15 is 0 Å². The van der Waals surface area contributed by atoms with E-state index in [2.05, 4.69) is 34.5 Å². The first-order chi connectivity index (χ1) is 16.6.